The molecule has 0 N–H and O–H groups in total. The molecule has 50 heavy (non-hydrogen) atoms. The molecule has 0 radical (unpaired) electrons. The van der Waals surface area contributed by atoms with Gasteiger partial charge in [0.15, 0.2) is 17.5 Å². The quantitative estimate of drug-likeness (QED) is 0.192. The van der Waals surface area contributed by atoms with Gasteiger partial charge in [0.2, 0.25) is 0 Å². The van der Waals surface area contributed by atoms with E-state index in [0.717, 1.165) is 66.1 Å². The summed E-state index contributed by atoms with van der Waals surface area (Å²) in [5, 5.41) is 9.39. The van der Waals surface area contributed by atoms with Crippen LogP contribution in [0.1, 0.15) is 0 Å². The minimum absolute atomic E-state index is 0.646. The second-order valence-electron chi connectivity index (χ2n) is 12.8. The highest BCUT2D eigenvalue weighted by molar-refractivity contribution is 6.33. The van der Waals surface area contributed by atoms with Crippen LogP contribution in [0.3, 0.4) is 0 Å². The number of hydrogen-bond acceptors (Lipinski definition) is 4. The van der Waals surface area contributed by atoms with Crippen LogP contribution in [-0.2, 0) is 0 Å². The fraction of sp³-hybridized carbons (Fsp3) is 0. The van der Waals surface area contributed by atoms with E-state index in [1.165, 1.54) is 21.5 Å². The third-order valence-corrected chi connectivity index (χ3v) is 9.96. The highest BCUT2D eigenvalue weighted by atomic mass is 16.3. The standard InChI is InChI=1S/C45H26N4O/c1-3-9-29(10-4-1)43-46-44(30-11-5-2-6-12-30)48-45(47-43)33-18-17-32-26-34(22-19-31(32)25-33)49-35-23-20-27-13-7-15-37-39(27)41(35)42-36(49)24-21-28-14-8-16-38(50-37)40(28)42/h1-26H. The first-order valence-corrected chi connectivity index (χ1v) is 16.8. The van der Waals surface area contributed by atoms with Crippen molar-refractivity contribution in [2.75, 3.05) is 0 Å². The van der Waals surface area contributed by atoms with Gasteiger partial charge in [-0.25, -0.2) is 15.0 Å². The van der Waals surface area contributed by atoms with Crippen molar-refractivity contribution < 1.29 is 4.42 Å². The SMILES string of the molecule is c1ccc(-c2nc(-c3ccccc3)nc(-c3ccc4cc(-n5c6ccc7cccc8oc9cccc%10ccc5c(c%109)c6c78)ccc4c3)n2)cc1. The Morgan fingerprint density at radius 3 is 1.44 bits per heavy atom. The summed E-state index contributed by atoms with van der Waals surface area (Å²) in [6.45, 7) is 0. The fourth-order valence-corrected chi connectivity index (χ4v) is 7.69. The molecule has 0 aliphatic rings. The zero-order valence-electron chi connectivity index (χ0n) is 26.7. The van der Waals surface area contributed by atoms with E-state index in [4.69, 9.17) is 19.4 Å². The van der Waals surface area contributed by atoms with Crippen molar-refractivity contribution in [2.45, 2.75) is 0 Å². The first kappa shape index (κ1) is 27.1. The van der Waals surface area contributed by atoms with Crippen LogP contribution in [-0.4, -0.2) is 19.5 Å². The molecule has 0 unspecified atom stereocenters. The van der Waals surface area contributed by atoms with Crippen LogP contribution in [0.4, 0.5) is 0 Å². The molecule has 11 aromatic rings. The Morgan fingerprint density at radius 2 is 0.860 bits per heavy atom. The van der Waals surface area contributed by atoms with Crippen LogP contribution in [0.25, 0.3) is 105 Å². The predicted octanol–water partition coefficient (Wildman–Crippen LogP) is 11.6. The second-order valence-corrected chi connectivity index (χ2v) is 12.8. The zero-order valence-corrected chi connectivity index (χ0v) is 26.7. The highest BCUT2D eigenvalue weighted by Gasteiger charge is 2.21. The van der Waals surface area contributed by atoms with E-state index in [-0.39, 0.29) is 0 Å². The molecule has 3 aromatic heterocycles. The van der Waals surface area contributed by atoms with Crippen LogP contribution in [0.15, 0.2) is 162 Å². The summed E-state index contributed by atoms with van der Waals surface area (Å²) < 4.78 is 9.01. The van der Waals surface area contributed by atoms with Gasteiger partial charge in [0, 0.05) is 43.9 Å². The maximum atomic E-state index is 6.61. The van der Waals surface area contributed by atoms with Crippen molar-refractivity contribution >= 4 is 65.3 Å². The van der Waals surface area contributed by atoms with E-state index in [1.54, 1.807) is 0 Å². The minimum Gasteiger partial charge on any atom is -0.456 e. The molecule has 8 aromatic carbocycles. The van der Waals surface area contributed by atoms with E-state index in [9.17, 15) is 0 Å². The molecule has 0 amide bonds. The first-order chi connectivity index (χ1) is 24.8. The van der Waals surface area contributed by atoms with Crippen LogP contribution >= 0.6 is 0 Å². The van der Waals surface area contributed by atoms with Crippen molar-refractivity contribution in [2.24, 2.45) is 0 Å². The fourth-order valence-electron chi connectivity index (χ4n) is 7.69. The normalized spacial score (nSPS) is 12.0. The van der Waals surface area contributed by atoms with Crippen molar-refractivity contribution in [1.82, 2.24) is 19.5 Å². The van der Waals surface area contributed by atoms with Gasteiger partial charge in [-0.3, -0.25) is 0 Å². The van der Waals surface area contributed by atoms with Gasteiger partial charge < -0.3 is 8.98 Å². The van der Waals surface area contributed by atoms with E-state index in [1.807, 2.05) is 60.7 Å². The summed E-state index contributed by atoms with van der Waals surface area (Å²) >= 11 is 0. The lowest BCUT2D eigenvalue weighted by molar-refractivity contribution is 0.664. The largest absolute Gasteiger partial charge is 0.456 e. The van der Waals surface area contributed by atoms with Crippen molar-refractivity contribution in [3.05, 3.63) is 158 Å². The smallest absolute Gasteiger partial charge is 0.164 e. The third-order valence-electron chi connectivity index (χ3n) is 9.96. The van der Waals surface area contributed by atoms with Crippen molar-refractivity contribution in [3.63, 3.8) is 0 Å². The molecule has 0 aliphatic heterocycles. The molecule has 0 fully saturated rings. The number of hydrogen-bond donors (Lipinski definition) is 0. The molecule has 0 aliphatic carbocycles. The Bertz CT molecular complexity index is 2930. The summed E-state index contributed by atoms with van der Waals surface area (Å²) in [6.07, 6.45) is 0. The van der Waals surface area contributed by atoms with Gasteiger partial charge in [-0.2, -0.15) is 0 Å². The maximum Gasteiger partial charge on any atom is 0.164 e. The average molecular weight is 639 g/mol. The van der Waals surface area contributed by atoms with Crippen LogP contribution in [0, 0.1) is 0 Å². The van der Waals surface area contributed by atoms with Crippen molar-refractivity contribution in [3.8, 4) is 39.9 Å². The molecule has 5 nitrogen and oxygen atoms in total. The zero-order chi connectivity index (χ0) is 32.8. The summed E-state index contributed by atoms with van der Waals surface area (Å²) in [4.78, 5) is 14.8. The molecular formula is C45H26N4O. The van der Waals surface area contributed by atoms with Crippen molar-refractivity contribution in [1.29, 1.82) is 0 Å². The topological polar surface area (TPSA) is 56.7 Å². The van der Waals surface area contributed by atoms with Gasteiger partial charge in [0.25, 0.3) is 0 Å². The highest BCUT2D eigenvalue weighted by Crippen LogP contribution is 2.44. The summed E-state index contributed by atoms with van der Waals surface area (Å²) in [7, 11) is 0. The third kappa shape index (κ3) is 3.98. The molecule has 11 rings (SSSR count). The lowest BCUT2D eigenvalue weighted by Gasteiger charge is -2.12. The van der Waals surface area contributed by atoms with E-state index in [0.29, 0.717) is 17.5 Å². The van der Waals surface area contributed by atoms with Gasteiger partial charge in [-0.15, -0.1) is 0 Å². The van der Waals surface area contributed by atoms with E-state index < -0.39 is 0 Å². The minimum atomic E-state index is 0.646. The van der Waals surface area contributed by atoms with Gasteiger partial charge >= 0.3 is 0 Å². The number of fused-ring (bicyclic) bond motifs is 1. The van der Waals surface area contributed by atoms with Crippen LogP contribution in [0.5, 0.6) is 0 Å². The molecular weight excluding hydrogens is 613 g/mol. The molecule has 5 heteroatoms. The van der Waals surface area contributed by atoms with Crippen LogP contribution in [0.2, 0.25) is 0 Å². The maximum absolute atomic E-state index is 6.61. The summed E-state index contributed by atoms with van der Waals surface area (Å²) in [5.41, 5.74) is 8.08. The van der Waals surface area contributed by atoms with Gasteiger partial charge in [0.1, 0.15) is 11.2 Å². The predicted molar refractivity (Wildman–Crippen MR) is 204 cm³/mol. The van der Waals surface area contributed by atoms with Gasteiger partial charge in [-0.1, -0.05) is 115 Å². The number of nitrogens with zero attached hydrogens (tertiary/aromatic N) is 4. The Morgan fingerprint density at radius 1 is 0.360 bits per heavy atom. The summed E-state index contributed by atoms with van der Waals surface area (Å²) in [5.74, 6) is 1.95. The Hall–Kier alpha value is -6.85. The monoisotopic (exact) mass is 638 g/mol. The number of aromatic nitrogens is 4. The second kappa shape index (κ2) is 10.3. The van der Waals surface area contributed by atoms with E-state index >= 15 is 0 Å². The van der Waals surface area contributed by atoms with Gasteiger partial charge in [-0.05, 0) is 64.0 Å². The number of benzene rings is 8. The summed E-state index contributed by atoms with van der Waals surface area (Å²) in [6, 6.07) is 55.0. The lowest BCUT2D eigenvalue weighted by atomic mass is 10.00. The van der Waals surface area contributed by atoms with Crippen LogP contribution < -0.4 is 0 Å². The van der Waals surface area contributed by atoms with Gasteiger partial charge in [0.05, 0.1) is 11.0 Å². The Balaban J connectivity index is 1.11. The molecule has 0 saturated carbocycles. The Labute approximate surface area is 286 Å². The molecule has 0 spiro atoms. The lowest BCUT2D eigenvalue weighted by Crippen LogP contribution is -2.00. The molecule has 0 saturated heterocycles. The first-order valence-electron chi connectivity index (χ1n) is 16.8. The average Bonchev–Trinajstić information content (AvgIpc) is 3.44. The molecule has 0 bridgehead atoms. The Kier molecular flexibility index (Phi) is 5.60. The molecule has 0 atom stereocenters. The van der Waals surface area contributed by atoms with E-state index in [2.05, 4.69) is 102 Å². The number of rotatable bonds is 4. The molecule has 3 heterocycles. The molecule has 232 valence electrons.